The molecule has 0 aliphatic heterocycles. The van der Waals surface area contributed by atoms with Crippen molar-refractivity contribution < 1.29 is 9.53 Å². The maximum absolute atomic E-state index is 12.5. The summed E-state index contributed by atoms with van der Waals surface area (Å²) in [5.41, 5.74) is 0.457. The van der Waals surface area contributed by atoms with Gasteiger partial charge in [-0.05, 0) is 26.0 Å². The molecule has 0 spiro atoms. The van der Waals surface area contributed by atoms with Crippen LogP contribution < -0.4 is 10.1 Å². The van der Waals surface area contributed by atoms with Gasteiger partial charge in [0.1, 0.15) is 29.5 Å². The van der Waals surface area contributed by atoms with Crippen molar-refractivity contribution in [2.45, 2.75) is 13.8 Å². The Kier molecular flexibility index (Phi) is 4.51. The van der Waals surface area contributed by atoms with Crippen molar-refractivity contribution in [3.8, 4) is 11.6 Å². The first-order valence-electron chi connectivity index (χ1n) is 7.54. The number of para-hydroxylation sites is 1. The van der Waals surface area contributed by atoms with Crippen molar-refractivity contribution in [1.29, 1.82) is 0 Å². The maximum Gasteiger partial charge on any atom is 0.260 e. The van der Waals surface area contributed by atoms with Crippen molar-refractivity contribution in [1.82, 2.24) is 19.5 Å². The van der Waals surface area contributed by atoms with Crippen molar-refractivity contribution >= 4 is 11.7 Å². The fraction of sp³-hybridized carbons (Fsp3) is 0.176. The molecule has 3 aromatic rings. The molecule has 122 valence electrons. The summed E-state index contributed by atoms with van der Waals surface area (Å²) >= 11 is 0. The van der Waals surface area contributed by atoms with Crippen LogP contribution in [-0.2, 0) is 0 Å². The van der Waals surface area contributed by atoms with E-state index in [-0.39, 0.29) is 5.91 Å². The molecule has 0 aliphatic carbocycles. The number of benzene rings is 1. The highest BCUT2D eigenvalue weighted by atomic mass is 16.5. The second kappa shape index (κ2) is 6.91. The Hall–Kier alpha value is -3.22. The number of ether oxygens (including phenoxy) is 1. The van der Waals surface area contributed by atoms with Gasteiger partial charge in [0, 0.05) is 18.5 Å². The normalized spacial score (nSPS) is 10.4. The predicted octanol–water partition coefficient (Wildman–Crippen LogP) is 2.62. The van der Waals surface area contributed by atoms with E-state index in [0.717, 1.165) is 5.82 Å². The molecule has 1 aromatic carbocycles. The van der Waals surface area contributed by atoms with Gasteiger partial charge >= 0.3 is 0 Å². The van der Waals surface area contributed by atoms with E-state index in [1.165, 1.54) is 6.33 Å². The number of rotatable bonds is 5. The molecule has 0 unspecified atom stereocenters. The Morgan fingerprint density at radius 2 is 2.08 bits per heavy atom. The molecule has 0 atom stereocenters. The van der Waals surface area contributed by atoms with Gasteiger partial charge < -0.3 is 10.1 Å². The summed E-state index contributed by atoms with van der Waals surface area (Å²) in [7, 11) is 0. The van der Waals surface area contributed by atoms with E-state index in [9.17, 15) is 4.79 Å². The van der Waals surface area contributed by atoms with Crippen LogP contribution in [0.4, 0.5) is 5.82 Å². The average molecular weight is 323 g/mol. The predicted molar refractivity (Wildman–Crippen MR) is 89.5 cm³/mol. The number of carbonyl (C=O) groups excluding carboxylic acids is 1. The van der Waals surface area contributed by atoms with Gasteiger partial charge in [-0.3, -0.25) is 9.36 Å². The van der Waals surface area contributed by atoms with E-state index < -0.39 is 0 Å². The first-order chi connectivity index (χ1) is 11.7. The molecule has 7 heteroatoms. The summed E-state index contributed by atoms with van der Waals surface area (Å²) < 4.78 is 7.30. The zero-order valence-electron chi connectivity index (χ0n) is 13.4. The largest absolute Gasteiger partial charge is 0.493 e. The van der Waals surface area contributed by atoms with Crippen LogP contribution in [0.15, 0.2) is 49.1 Å². The standard InChI is InChI=1S/C17H17N5O2/c1-3-24-14-7-5-4-6-13(14)17(23)21-15-10-16(20-11-19-15)22-9-8-18-12(22)2/h4-11H,3H2,1-2H3,(H,19,20,21,23). The summed E-state index contributed by atoms with van der Waals surface area (Å²) in [6, 6.07) is 8.78. The third kappa shape index (κ3) is 3.24. The highest BCUT2D eigenvalue weighted by molar-refractivity contribution is 6.05. The summed E-state index contributed by atoms with van der Waals surface area (Å²) in [6.45, 7) is 4.24. The minimum absolute atomic E-state index is 0.286. The first-order valence-corrected chi connectivity index (χ1v) is 7.54. The molecule has 1 N–H and O–H groups in total. The minimum atomic E-state index is -0.286. The lowest BCUT2D eigenvalue weighted by atomic mass is 10.2. The van der Waals surface area contributed by atoms with Gasteiger partial charge in [0.25, 0.3) is 5.91 Å². The van der Waals surface area contributed by atoms with Gasteiger partial charge in [-0.15, -0.1) is 0 Å². The summed E-state index contributed by atoms with van der Waals surface area (Å²) in [4.78, 5) is 25.0. The minimum Gasteiger partial charge on any atom is -0.493 e. The summed E-state index contributed by atoms with van der Waals surface area (Å²) in [5.74, 6) is 2.09. The number of nitrogens with one attached hydrogen (secondary N) is 1. The molecule has 0 radical (unpaired) electrons. The highest BCUT2D eigenvalue weighted by Gasteiger charge is 2.13. The van der Waals surface area contributed by atoms with Gasteiger partial charge in [-0.1, -0.05) is 12.1 Å². The zero-order chi connectivity index (χ0) is 16.9. The van der Waals surface area contributed by atoms with Crippen LogP contribution in [0.25, 0.3) is 5.82 Å². The average Bonchev–Trinajstić information content (AvgIpc) is 3.02. The van der Waals surface area contributed by atoms with E-state index >= 15 is 0 Å². The van der Waals surface area contributed by atoms with Gasteiger partial charge in [0.15, 0.2) is 0 Å². The Bertz CT molecular complexity index is 859. The highest BCUT2D eigenvalue weighted by Crippen LogP contribution is 2.19. The molecule has 2 aromatic heterocycles. The van der Waals surface area contributed by atoms with Crippen LogP contribution in [0.5, 0.6) is 5.75 Å². The van der Waals surface area contributed by atoms with Crippen LogP contribution in [-0.4, -0.2) is 32.0 Å². The van der Waals surface area contributed by atoms with Crippen LogP contribution in [0.3, 0.4) is 0 Å². The molecule has 7 nitrogen and oxygen atoms in total. The van der Waals surface area contributed by atoms with Gasteiger partial charge in [-0.2, -0.15) is 0 Å². The maximum atomic E-state index is 12.5. The molecule has 1 amide bonds. The number of aromatic nitrogens is 4. The molecule has 0 saturated carbocycles. The Morgan fingerprint density at radius 1 is 1.25 bits per heavy atom. The van der Waals surface area contributed by atoms with Crippen LogP contribution in [0.1, 0.15) is 23.1 Å². The smallest absolute Gasteiger partial charge is 0.260 e. The van der Waals surface area contributed by atoms with Crippen molar-refractivity contribution in [2.24, 2.45) is 0 Å². The number of carbonyl (C=O) groups is 1. The fourth-order valence-electron chi connectivity index (χ4n) is 2.29. The van der Waals surface area contributed by atoms with Gasteiger partial charge in [0.2, 0.25) is 0 Å². The number of amides is 1. The topological polar surface area (TPSA) is 81.9 Å². The Morgan fingerprint density at radius 3 is 2.83 bits per heavy atom. The Labute approximate surface area is 139 Å². The number of nitrogens with zero attached hydrogens (tertiary/aromatic N) is 4. The van der Waals surface area contributed by atoms with E-state index in [0.29, 0.717) is 29.6 Å². The summed E-state index contributed by atoms with van der Waals surface area (Å²) in [6.07, 6.45) is 4.89. The van der Waals surface area contributed by atoms with Crippen molar-refractivity contribution in [2.75, 3.05) is 11.9 Å². The molecule has 0 fully saturated rings. The molecule has 3 rings (SSSR count). The monoisotopic (exact) mass is 323 g/mol. The first kappa shape index (κ1) is 15.7. The number of hydrogen-bond donors (Lipinski definition) is 1. The van der Waals surface area contributed by atoms with E-state index in [2.05, 4.69) is 20.3 Å². The Balaban J connectivity index is 1.84. The fourth-order valence-corrected chi connectivity index (χ4v) is 2.29. The van der Waals surface area contributed by atoms with Crippen LogP contribution in [0, 0.1) is 6.92 Å². The third-order valence-electron chi connectivity index (χ3n) is 3.40. The molecule has 0 saturated heterocycles. The molecule has 24 heavy (non-hydrogen) atoms. The zero-order valence-corrected chi connectivity index (χ0v) is 13.4. The van der Waals surface area contributed by atoms with E-state index in [1.807, 2.05) is 24.5 Å². The number of imidazole rings is 1. The van der Waals surface area contributed by atoms with Crippen molar-refractivity contribution in [3.63, 3.8) is 0 Å². The SMILES string of the molecule is CCOc1ccccc1C(=O)Nc1cc(-n2ccnc2C)ncn1. The molecule has 2 heterocycles. The molecular weight excluding hydrogens is 306 g/mol. The second-order valence-corrected chi connectivity index (χ2v) is 4.99. The molecule has 0 bridgehead atoms. The van der Waals surface area contributed by atoms with E-state index in [4.69, 9.17) is 4.74 Å². The van der Waals surface area contributed by atoms with Gasteiger partial charge in [0.05, 0.1) is 12.2 Å². The number of aryl methyl sites for hydroxylation is 1. The molecule has 0 aliphatic rings. The van der Waals surface area contributed by atoms with Crippen LogP contribution >= 0.6 is 0 Å². The van der Waals surface area contributed by atoms with E-state index in [1.54, 1.807) is 36.7 Å². The quantitative estimate of drug-likeness (QED) is 0.780. The second-order valence-electron chi connectivity index (χ2n) is 4.99. The third-order valence-corrected chi connectivity index (χ3v) is 3.40. The lowest BCUT2D eigenvalue weighted by Crippen LogP contribution is -2.15. The summed E-state index contributed by atoms with van der Waals surface area (Å²) in [5, 5.41) is 2.78. The van der Waals surface area contributed by atoms with Crippen LogP contribution in [0.2, 0.25) is 0 Å². The van der Waals surface area contributed by atoms with Gasteiger partial charge in [-0.25, -0.2) is 15.0 Å². The lowest BCUT2D eigenvalue weighted by Gasteiger charge is -2.10. The molecular formula is C17H17N5O2. The number of anilines is 1. The number of hydrogen-bond acceptors (Lipinski definition) is 5. The lowest BCUT2D eigenvalue weighted by molar-refractivity contribution is 0.102. The van der Waals surface area contributed by atoms with Crippen molar-refractivity contribution in [3.05, 3.63) is 60.4 Å².